The van der Waals surface area contributed by atoms with E-state index in [9.17, 15) is 4.79 Å². The minimum absolute atomic E-state index is 0.244. The number of thioether (sulfide) groups is 1. The largest absolute Gasteiger partial charge is 0.481 e. The van der Waals surface area contributed by atoms with Crippen molar-refractivity contribution in [3.8, 4) is 0 Å². The van der Waals surface area contributed by atoms with Gasteiger partial charge in [-0.25, -0.2) is 0 Å². The van der Waals surface area contributed by atoms with Gasteiger partial charge >= 0.3 is 5.97 Å². The van der Waals surface area contributed by atoms with Crippen LogP contribution in [-0.2, 0) is 4.79 Å². The third kappa shape index (κ3) is 7.72. The zero-order valence-electron chi connectivity index (χ0n) is 7.17. The number of carboxylic acid groups (broad SMARTS) is 1. The van der Waals surface area contributed by atoms with Crippen molar-refractivity contribution in [3.05, 3.63) is 0 Å². The third-order valence-electron chi connectivity index (χ3n) is 1.41. The molecule has 3 heteroatoms. The van der Waals surface area contributed by atoms with Crippen LogP contribution in [0.3, 0.4) is 0 Å². The fourth-order valence-electron chi connectivity index (χ4n) is 0.924. The van der Waals surface area contributed by atoms with Crippen molar-refractivity contribution in [2.75, 3.05) is 11.5 Å². The van der Waals surface area contributed by atoms with E-state index in [2.05, 4.69) is 13.8 Å². The lowest BCUT2D eigenvalue weighted by molar-refractivity contribution is -0.133. The van der Waals surface area contributed by atoms with Gasteiger partial charge in [0.2, 0.25) is 0 Å². The van der Waals surface area contributed by atoms with Gasteiger partial charge < -0.3 is 5.11 Å². The van der Waals surface area contributed by atoms with E-state index in [1.807, 2.05) is 0 Å². The lowest BCUT2D eigenvalue weighted by atomic mass is 10.1. The average Bonchev–Trinajstić information content (AvgIpc) is 1.87. The summed E-state index contributed by atoms with van der Waals surface area (Å²) in [5.74, 6) is 1.16. The van der Waals surface area contributed by atoms with Gasteiger partial charge in [-0.2, -0.15) is 0 Å². The third-order valence-corrected chi connectivity index (χ3v) is 2.67. The number of rotatable bonds is 6. The normalized spacial score (nSPS) is 12.9. The molecule has 0 aromatic heterocycles. The van der Waals surface area contributed by atoms with Gasteiger partial charge in [0.15, 0.2) is 0 Å². The summed E-state index contributed by atoms with van der Waals surface area (Å²) in [6.07, 6.45) is 2.39. The molecule has 0 aliphatic rings. The van der Waals surface area contributed by atoms with Crippen molar-refractivity contribution in [3.63, 3.8) is 0 Å². The second-order valence-electron chi connectivity index (χ2n) is 2.80. The monoisotopic (exact) mass is 176 g/mol. The highest BCUT2D eigenvalue weighted by atomic mass is 32.2. The van der Waals surface area contributed by atoms with E-state index in [1.165, 1.54) is 24.6 Å². The molecule has 0 bridgehead atoms. The first-order valence-corrected chi connectivity index (χ1v) is 5.11. The molecule has 0 heterocycles. The van der Waals surface area contributed by atoms with E-state index in [0.717, 1.165) is 5.75 Å². The van der Waals surface area contributed by atoms with Crippen LogP contribution in [0.4, 0.5) is 0 Å². The molecule has 0 amide bonds. The summed E-state index contributed by atoms with van der Waals surface area (Å²) in [5, 5.41) is 8.34. The molecular formula is C8H16O2S. The fourth-order valence-corrected chi connectivity index (χ4v) is 1.79. The second-order valence-corrected chi connectivity index (χ2v) is 3.83. The molecule has 0 fully saturated rings. The number of carbonyl (C=O) groups is 1. The Morgan fingerprint density at radius 3 is 2.73 bits per heavy atom. The first kappa shape index (κ1) is 10.8. The van der Waals surface area contributed by atoms with Crippen LogP contribution in [0.15, 0.2) is 0 Å². The second kappa shape index (κ2) is 6.53. The van der Waals surface area contributed by atoms with E-state index < -0.39 is 5.97 Å². The van der Waals surface area contributed by atoms with Crippen molar-refractivity contribution in [1.29, 1.82) is 0 Å². The molecule has 0 rings (SSSR count). The average molecular weight is 176 g/mol. The maximum Gasteiger partial charge on any atom is 0.313 e. The van der Waals surface area contributed by atoms with Gasteiger partial charge in [-0.3, -0.25) is 4.79 Å². The van der Waals surface area contributed by atoms with Gasteiger partial charge in [0.1, 0.15) is 0 Å². The molecule has 0 radical (unpaired) electrons. The Labute approximate surface area is 72.4 Å². The maximum absolute atomic E-state index is 10.1. The van der Waals surface area contributed by atoms with Crippen molar-refractivity contribution in [2.45, 2.75) is 26.7 Å². The van der Waals surface area contributed by atoms with Gasteiger partial charge in [0.05, 0.1) is 5.75 Å². The van der Waals surface area contributed by atoms with Gasteiger partial charge in [0.25, 0.3) is 0 Å². The SMILES string of the molecule is CCCC(C)CSCC(=O)O. The summed E-state index contributed by atoms with van der Waals surface area (Å²) in [7, 11) is 0. The molecule has 1 unspecified atom stereocenters. The molecule has 11 heavy (non-hydrogen) atoms. The van der Waals surface area contributed by atoms with Crippen molar-refractivity contribution in [1.82, 2.24) is 0 Å². The Kier molecular flexibility index (Phi) is 6.42. The Morgan fingerprint density at radius 2 is 2.27 bits per heavy atom. The molecule has 66 valence electrons. The predicted molar refractivity (Wildman–Crippen MR) is 49.0 cm³/mol. The summed E-state index contributed by atoms with van der Waals surface area (Å²) in [5.41, 5.74) is 0. The lowest BCUT2D eigenvalue weighted by Gasteiger charge is -2.07. The standard InChI is InChI=1S/C8H16O2S/c1-3-4-7(2)5-11-6-8(9)10/h7H,3-6H2,1-2H3,(H,9,10). The Balaban J connectivity index is 3.16. The fraction of sp³-hybridized carbons (Fsp3) is 0.875. The van der Waals surface area contributed by atoms with E-state index in [4.69, 9.17) is 5.11 Å². The summed E-state index contributed by atoms with van der Waals surface area (Å²) in [6, 6.07) is 0. The highest BCUT2D eigenvalue weighted by molar-refractivity contribution is 7.99. The van der Waals surface area contributed by atoms with Gasteiger partial charge in [-0.05, 0) is 11.7 Å². The van der Waals surface area contributed by atoms with Gasteiger partial charge in [-0.15, -0.1) is 11.8 Å². The molecule has 0 spiro atoms. The summed E-state index contributed by atoms with van der Waals surface area (Å²) >= 11 is 1.51. The van der Waals surface area contributed by atoms with Crippen LogP contribution in [0.2, 0.25) is 0 Å². The molecular weight excluding hydrogens is 160 g/mol. The highest BCUT2D eigenvalue weighted by Crippen LogP contribution is 2.12. The predicted octanol–water partition coefficient (Wildman–Crippen LogP) is 2.24. The zero-order chi connectivity index (χ0) is 8.69. The maximum atomic E-state index is 10.1. The smallest absolute Gasteiger partial charge is 0.313 e. The molecule has 0 aromatic rings. The molecule has 1 N–H and O–H groups in total. The molecule has 0 saturated heterocycles. The topological polar surface area (TPSA) is 37.3 Å². The van der Waals surface area contributed by atoms with Crippen molar-refractivity contribution in [2.24, 2.45) is 5.92 Å². The number of hydrogen-bond donors (Lipinski definition) is 1. The van der Waals surface area contributed by atoms with Crippen LogP contribution in [0, 0.1) is 5.92 Å². The molecule has 0 saturated carbocycles. The van der Waals surface area contributed by atoms with Crippen molar-refractivity contribution < 1.29 is 9.90 Å². The van der Waals surface area contributed by atoms with Gasteiger partial charge in [0, 0.05) is 0 Å². The number of carboxylic acids is 1. The van der Waals surface area contributed by atoms with Crippen LogP contribution in [-0.4, -0.2) is 22.6 Å². The minimum atomic E-state index is -0.710. The molecule has 0 aliphatic heterocycles. The van der Waals surface area contributed by atoms with E-state index in [-0.39, 0.29) is 5.75 Å². The highest BCUT2D eigenvalue weighted by Gasteiger charge is 2.02. The molecule has 2 nitrogen and oxygen atoms in total. The first-order chi connectivity index (χ1) is 5.16. The van der Waals surface area contributed by atoms with Crippen molar-refractivity contribution >= 4 is 17.7 Å². The summed E-state index contributed by atoms with van der Waals surface area (Å²) in [6.45, 7) is 4.32. The lowest BCUT2D eigenvalue weighted by Crippen LogP contribution is -2.03. The molecule has 1 atom stereocenters. The Hall–Kier alpha value is -0.180. The van der Waals surface area contributed by atoms with E-state index >= 15 is 0 Å². The summed E-state index contributed by atoms with van der Waals surface area (Å²) in [4.78, 5) is 10.1. The zero-order valence-corrected chi connectivity index (χ0v) is 7.99. The Morgan fingerprint density at radius 1 is 1.64 bits per heavy atom. The molecule has 0 aromatic carbocycles. The van der Waals surface area contributed by atoms with Crippen LogP contribution < -0.4 is 0 Å². The number of hydrogen-bond acceptors (Lipinski definition) is 2. The minimum Gasteiger partial charge on any atom is -0.481 e. The quantitative estimate of drug-likeness (QED) is 0.674. The summed E-state index contributed by atoms with van der Waals surface area (Å²) < 4.78 is 0. The van der Waals surface area contributed by atoms with E-state index in [1.54, 1.807) is 0 Å². The molecule has 0 aliphatic carbocycles. The Bertz CT molecular complexity index is 115. The first-order valence-electron chi connectivity index (χ1n) is 3.96. The van der Waals surface area contributed by atoms with E-state index in [0.29, 0.717) is 5.92 Å². The van der Waals surface area contributed by atoms with Gasteiger partial charge in [-0.1, -0.05) is 26.7 Å². The van der Waals surface area contributed by atoms with Crippen LogP contribution in [0.25, 0.3) is 0 Å². The van der Waals surface area contributed by atoms with Crippen LogP contribution in [0.1, 0.15) is 26.7 Å². The van der Waals surface area contributed by atoms with Crippen LogP contribution >= 0.6 is 11.8 Å². The van der Waals surface area contributed by atoms with Crippen LogP contribution in [0.5, 0.6) is 0 Å². The number of aliphatic carboxylic acids is 1.